The highest BCUT2D eigenvalue weighted by Gasteiger charge is 1.99. The zero-order valence-corrected chi connectivity index (χ0v) is 7.06. The van der Waals surface area contributed by atoms with E-state index in [-0.39, 0.29) is 6.61 Å². The summed E-state index contributed by atoms with van der Waals surface area (Å²) in [5.74, 6) is -0.640. The Hall–Kier alpha value is -1.41. The van der Waals surface area contributed by atoms with Crippen LogP contribution in [0, 0.1) is 0 Å². The fourth-order valence-corrected chi connectivity index (χ4v) is 0.567. The second-order valence-electron chi connectivity index (χ2n) is 2.13. The van der Waals surface area contributed by atoms with Gasteiger partial charge < -0.3 is 10.3 Å². The molecule has 4 heteroatoms. The lowest BCUT2D eigenvalue weighted by atomic mass is 10.3. The minimum absolute atomic E-state index is 0.227. The first kappa shape index (κ1) is 10.6. The van der Waals surface area contributed by atoms with E-state index in [9.17, 15) is 4.79 Å². The van der Waals surface area contributed by atoms with Gasteiger partial charge in [0.1, 0.15) is 6.61 Å². The molecule has 4 nitrogen and oxygen atoms in total. The smallest absolute Gasteiger partial charge is 0.413 e. The molecule has 66 valence electrons. The van der Waals surface area contributed by atoms with Crippen LogP contribution in [0.5, 0.6) is 0 Å². The fourth-order valence-electron chi connectivity index (χ4n) is 0.567. The molecule has 0 fully saturated rings. The number of hydrogen-bond donors (Lipinski definition) is 0. The van der Waals surface area contributed by atoms with Crippen molar-refractivity contribution in [3.8, 4) is 0 Å². The van der Waals surface area contributed by atoms with Gasteiger partial charge in [0.2, 0.25) is 0 Å². The Morgan fingerprint density at radius 2 is 2.33 bits per heavy atom. The first-order valence-corrected chi connectivity index (χ1v) is 3.80. The van der Waals surface area contributed by atoms with Crippen LogP contribution in [0.2, 0.25) is 0 Å². The molecule has 0 heterocycles. The predicted octanol–water partition coefficient (Wildman–Crippen LogP) is 1.19. The van der Waals surface area contributed by atoms with E-state index >= 15 is 0 Å². The highest BCUT2D eigenvalue weighted by Crippen LogP contribution is 1.88. The van der Waals surface area contributed by atoms with Crippen molar-refractivity contribution >= 4 is 12.2 Å². The molecule has 0 aliphatic rings. The van der Waals surface area contributed by atoms with Crippen molar-refractivity contribution in [2.45, 2.75) is 19.8 Å². The summed E-state index contributed by atoms with van der Waals surface area (Å²) in [6.45, 7) is 2.29. The van der Waals surface area contributed by atoms with E-state index in [1.165, 1.54) is 0 Å². The van der Waals surface area contributed by atoms with Gasteiger partial charge in [-0.15, -0.1) is 0 Å². The number of nitrogens with zero attached hydrogens (tertiary/aromatic N) is 2. The molecule has 0 aliphatic heterocycles. The summed E-state index contributed by atoms with van der Waals surface area (Å²) in [7, 11) is 0. The van der Waals surface area contributed by atoms with Crippen molar-refractivity contribution < 1.29 is 14.3 Å². The van der Waals surface area contributed by atoms with Crippen LogP contribution < -0.4 is 0 Å². The lowest BCUT2D eigenvalue weighted by molar-refractivity contribution is -0.137. The molecule has 0 amide bonds. The highest BCUT2D eigenvalue weighted by atomic mass is 16.5. The van der Waals surface area contributed by atoms with Gasteiger partial charge in [0, 0.05) is 0 Å². The average Bonchev–Trinajstić information content (AvgIpc) is 2.05. The Morgan fingerprint density at radius 1 is 1.58 bits per heavy atom. The molecule has 0 aliphatic carbocycles. The zero-order valence-electron chi connectivity index (χ0n) is 7.06. The minimum atomic E-state index is -0.640. The third kappa shape index (κ3) is 6.71. The molecular formula is C8H12N2O2. The van der Waals surface area contributed by atoms with Gasteiger partial charge in [0.05, 0.1) is 0 Å². The third-order valence-electron chi connectivity index (χ3n) is 1.11. The quantitative estimate of drug-likeness (QED) is 0.203. The third-order valence-corrected chi connectivity index (χ3v) is 1.11. The van der Waals surface area contributed by atoms with Gasteiger partial charge in [-0.05, 0) is 6.42 Å². The average molecular weight is 168 g/mol. The summed E-state index contributed by atoms with van der Waals surface area (Å²) in [5.41, 5.74) is 7.93. The molecule has 0 unspecified atom stereocenters. The number of hydrogen-bond acceptors (Lipinski definition) is 2. The van der Waals surface area contributed by atoms with Gasteiger partial charge in [-0.2, -0.15) is 4.79 Å². The fraction of sp³-hybridized carbons (Fsp3) is 0.500. The Bertz CT molecular complexity index is 205. The van der Waals surface area contributed by atoms with E-state index in [4.69, 9.17) is 5.53 Å². The molecule has 0 saturated heterocycles. The van der Waals surface area contributed by atoms with Crippen molar-refractivity contribution in [2.75, 3.05) is 6.61 Å². The molecular weight excluding hydrogens is 156 g/mol. The number of ether oxygens (including phenoxy) is 1. The molecule has 0 atom stereocenters. The summed E-state index contributed by atoms with van der Waals surface area (Å²) in [6, 6.07) is 0. The maximum atomic E-state index is 10.5. The Kier molecular flexibility index (Phi) is 6.79. The van der Waals surface area contributed by atoms with Crippen LogP contribution in [-0.2, 0) is 9.53 Å². The second-order valence-corrected chi connectivity index (χ2v) is 2.13. The maximum absolute atomic E-state index is 10.5. The molecule has 0 saturated carbocycles. The van der Waals surface area contributed by atoms with Gasteiger partial charge in [-0.1, -0.05) is 25.5 Å². The number of carbonyl (C=O) groups is 1. The van der Waals surface area contributed by atoms with Crippen molar-refractivity contribution in [2.24, 2.45) is 0 Å². The molecule has 0 aromatic heterocycles. The molecule has 0 bridgehead atoms. The van der Waals surface area contributed by atoms with E-state index in [0.29, 0.717) is 6.21 Å². The van der Waals surface area contributed by atoms with Crippen LogP contribution in [0.15, 0.2) is 12.2 Å². The molecule has 0 rings (SSSR count). The van der Waals surface area contributed by atoms with Crippen molar-refractivity contribution in [1.82, 2.24) is 0 Å². The molecule has 0 aromatic carbocycles. The molecule has 0 N–H and O–H groups in total. The van der Waals surface area contributed by atoms with Gasteiger partial charge in [-0.25, -0.2) is 4.79 Å². The summed E-state index contributed by atoms with van der Waals surface area (Å²) < 4.78 is 4.59. The number of esters is 1. The van der Waals surface area contributed by atoms with Crippen LogP contribution in [0.3, 0.4) is 0 Å². The predicted molar refractivity (Wildman–Crippen MR) is 44.7 cm³/mol. The molecule has 0 radical (unpaired) electrons. The van der Waals surface area contributed by atoms with Crippen molar-refractivity contribution in [3.05, 3.63) is 17.7 Å². The summed E-state index contributed by atoms with van der Waals surface area (Å²) in [6.07, 6.45) is 6.46. The van der Waals surface area contributed by atoms with Crippen molar-refractivity contribution in [1.29, 1.82) is 0 Å². The minimum Gasteiger partial charge on any atom is -0.453 e. The van der Waals surface area contributed by atoms with Gasteiger partial charge in [0.25, 0.3) is 0 Å². The van der Waals surface area contributed by atoms with Crippen LogP contribution in [0.25, 0.3) is 5.53 Å². The number of unbranched alkanes of at least 4 members (excludes halogenated alkanes) is 1. The Balaban J connectivity index is 3.42. The first-order chi connectivity index (χ1) is 5.81. The summed E-state index contributed by atoms with van der Waals surface area (Å²) in [5, 5.41) is 0. The summed E-state index contributed by atoms with van der Waals surface area (Å²) >= 11 is 0. The number of rotatable bonds is 5. The molecule has 0 aromatic rings. The van der Waals surface area contributed by atoms with Gasteiger partial charge in [-0.3, -0.25) is 0 Å². The van der Waals surface area contributed by atoms with Crippen LogP contribution in [0.4, 0.5) is 0 Å². The second kappa shape index (κ2) is 7.69. The largest absolute Gasteiger partial charge is 0.453 e. The van der Waals surface area contributed by atoms with Crippen molar-refractivity contribution in [3.63, 3.8) is 0 Å². The Labute approximate surface area is 71.5 Å². The van der Waals surface area contributed by atoms with E-state index in [1.807, 2.05) is 6.08 Å². The first-order valence-electron chi connectivity index (χ1n) is 3.80. The molecule has 12 heavy (non-hydrogen) atoms. The topological polar surface area (TPSA) is 62.7 Å². The van der Waals surface area contributed by atoms with E-state index in [2.05, 4.69) is 16.5 Å². The van der Waals surface area contributed by atoms with Crippen LogP contribution >= 0.6 is 0 Å². The SMILES string of the molecule is CCC/C=C\COC(=O)C=[N+]=[N-]. The van der Waals surface area contributed by atoms with Crippen LogP contribution in [-0.4, -0.2) is 23.6 Å². The lowest BCUT2D eigenvalue weighted by Gasteiger charge is -1.91. The highest BCUT2D eigenvalue weighted by molar-refractivity contribution is 6.20. The van der Waals surface area contributed by atoms with Gasteiger partial charge in [0.15, 0.2) is 0 Å². The van der Waals surface area contributed by atoms with E-state index in [1.54, 1.807) is 6.08 Å². The van der Waals surface area contributed by atoms with Gasteiger partial charge >= 0.3 is 12.2 Å². The monoisotopic (exact) mass is 168 g/mol. The number of allylic oxidation sites excluding steroid dienone is 1. The van der Waals surface area contributed by atoms with Crippen LogP contribution in [0.1, 0.15) is 19.8 Å². The lowest BCUT2D eigenvalue weighted by Crippen LogP contribution is -2.05. The summed E-state index contributed by atoms with van der Waals surface area (Å²) in [4.78, 5) is 13.0. The zero-order chi connectivity index (χ0) is 9.23. The standard InChI is InChI=1S/C8H12N2O2/c1-2-3-4-5-6-12-8(11)7-10-9/h4-5,7H,2-3,6H2,1H3/b5-4-. The van der Waals surface area contributed by atoms with E-state index in [0.717, 1.165) is 12.8 Å². The number of carbonyl (C=O) groups excluding carboxylic acids is 1. The Morgan fingerprint density at radius 3 is 2.92 bits per heavy atom. The van der Waals surface area contributed by atoms with E-state index < -0.39 is 5.97 Å². The molecule has 0 spiro atoms. The normalized spacial score (nSPS) is 9.42. The maximum Gasteiger partial charge on any atom is 0.413 e.